The van der Waals surface area contributed by atoms with Gasteiger partial charge in [0.1, 0.15) is 6.17 Å². The van der Waals surface area contributed by atoms with Gasteiger partial charge in [-0.15, -0.1) is 10.8 Å². The molecule has 1 aromatic carbocycles. The molecule has 1 heterocycles. The zero-order chi connectivity index (χ0) is 32.7. The highest BCUT2D eigenvalue weighted by molar-refractivity contribution is 8.22. The standard InChI is InChI=1S/C33H45F5N2O3S/c1-5-8-31(35)23(3)21-26(25(6-2)12-11-24(4)34)13-16-32(41)39-19-17-29(18-20-39)40(28-14-15-28)44(42,43)30-10-7-9-27(22-30)33(36,37)38/h5,7-12,22,26,28-29,31,42-43H,3,6,13-21H2,1-2,4H3/b8-5+,24-11+,25-12+/t26-,31-/m1/s1. The highest BCUT2D eigenvalue weighted by atomic mass is 32.3. The molecule has 0 bridgehead atoms. The van der Waals surface area contributed by atoms with E-state index in [0.717, 1.165) is 30.5 Å². The Hall–Kier alpha value is -2.47. The van der Waals surface area contributed by atoms with Crippen LogP contribution in [0.15, 0.2) is 77.0 Å². The number of allylic oxidation sites excluding steroid dienone is 7. The van der Waals surface area contributed by atoms with Crippen LogP contribution in [0.4, 0.5) is 22.0 Å². The highest BCUT2D eigenvalue weighted by Gasteiger charge is 2.44. The number of nitrogens with zero attached hydrogens (tertiary/aromatic N) is 2. The van der Waals surface area contributed by atoms with E-state index in [4.69, 9.17) is 0 Å². The smallest absolute Gasteiger partial charge is 0.343 e. The van der Waals surface area contributed by atoms with Crippen LogP contribution in [0.5, 0.6) is 0 Å². The van der Waals surface area contributed by atoms with Crippen LogP contribution in [0.2, 0.25) is 0 Å². The van der Waals surface area contributed by atoms with Gasteiger partial charge in [0.05, 0.1) is 16.3 Å². The molecule has 0 unspecified atom stereocenters. The van der Waals surface area contributed by atoms with Crippen LogP contribution >= 0.6 is 10.8 Å². The molecule has 1 amide bonds. The SMILES string of the molecule is C=C(C[C@@H](CCC(=O)N1CCC(N(C2CC2)S(O)(O)c2cccc(C(F)(F)F)c2)CC1)/C(=C/C=C(\C)F)CC)[C@H](F)/C=C/C. The van der Waals surface area contributed by atoms with E-state index in [1.54, 1.807) is 28.3 Å². The van der Waals surface area contributed by atoms with Crippen molar-refractivity contribution in [1.29, 1.82) is 0 Å². The Morgan fingerprint density at radius 1 is 1.16 bits per heavy atom. The number of hydrogen-bond acceptors (Lipinski definition) is 4. The number of carbonyl (C=O) groups excluding carboxylic acids is 1. The Morgan fingerprint density at radius 3 is 2.34 bits per heavy atom. The van der Waals surface area contributed by atoms with Crippen LogP contribution in [0, 0.1) is 5.92 Å². The molecule has 1 aromatic rings. The molecule has 2 atom stereocenters. The van der Waals surface area contributed by atoms with Crippen molar-refractivity contribution in [2.45, 2.75) is 101 Å². The first-order valence-corrected chi connectivity index (χ1v) is 16.7. The van der Waals surface area contributed by atoms with E-state index in [-0.39, 0.29) is 41.1 Å². The van der Waals surface area contributed by atoms with Crippen molar-refractivity contribution in [1.82, 2.24) is 9.21 Å². The first-order chi connectivity index (χ1) is 20.7. The normalized spacial score (nSPS) is 19.5. The zero-order valence-electron chi connectivity index (χ0n) is 25.7. The highest BCUT2D eigenvalue weighted by Crippen LogP contribution is 2.58. The van der Waals surface area contributed by atoms with Gasteiger partial charge in [-0.1, -0.05) is 43.4 Å². The lowest BCUT2D eigenvalue weighted by Gasteiger charge is -2.49. The number of hydrogen-bond donors (Lipinski definition) is 2. The van der Waals surface area contributed by atoms with Crippen LogP contribution in [-0.4, -0.2) is 55.6 Å². The summed E-state index contributed by atoms with van der Waals surface area (Å²) < 4.78 is 92.1. The second-order valence-corrected chi connectivity index (χ2v) is 13.6. The van der Waals surface area contributed by atoms with Crippen molar-refractivity contribution >= 4 is 16.7 Å². The molecule has 0 aromatic heterocycles. The van der Waals surface area contributed by atoms with Crippen LogP contribution < -0.4 is 0 Å². The molecule has 44 heavy (non-hydrogen) atoms. The van der Waals surface area contributed by atoms with Crippen molar-refractivity contribution in [3.05, 3.63) is 77.7 Å². The predicted molar refractivity (Wildman–Crippen MR) is 166 cm³/mol. The molecule has 3 rings (SSSR count). The van der Waals surface area contributed by atoms with Crippen molar-refractivity contribution < 1.29 is 35.9 Å². The maximum atomic E-state index is 14.5. The number of benzene rings is 1. The molecule has 0 spiro atoms. The molecule has 2 aliphatic rings. The van der Waals surface area contributed by atoms with Crippen LogP contribution in [0.1, 0.15) is 77.7 Å². The number of piperidine rings is 1. The summed E-state index contributed by atoms with van der Waals surface area (Å²) in [5, 5.41) is 0. The zero-order valence-corrected chi connectivity index (χ0v) is 26.5. The first-order valence-electron chi connectivity index (χ1n) is 15.2. The van der Waals surface area contributed by atoms with E-state index >= 15 is 0 Å². The third kappa shape index (κ3) is 9.76. The molecule has 1 saturated heterocycles. The van der Waals surface area contributed by atoms with Crippen LogP contribution in [0.3, 0.4) is 0 Å². The molecule has 5 nitrogen and oxygen atoms in total. The van der Waals surface area contributed by atoms with E-state index < -0.39 is 28.7 Å². The Kier molecular flexibility index (Phi) is 12.8. The quantitative estimate of drug-likeness (QED) is 0.120. The lowest BCUT2D eigenvalue weighted by atomic mass is 9.85. The van der Waals surface area contributed by atoms with E-state index in [2.05, 4.69) is 6.58 Å². The van der Waals surface area contributed by atoms with Crippen molar-refractivity contribution in [3.8, 4) is 0 Å². The third-order valence-corrected chi connectivity index (χ3v) is 10.4. The minimum absolute atomic E-state index is 0.0839. The molecule has 1 saturated carbocycles. The molecule has 2 N–H and O–H groups in total. The summed E-state index contributed by atoms with van der Waals surface area (Å²) in [7, 11) is -3.68. The maximum Gasteiger partial charge on any atom is 0.416 e. The fraction of sp³-hybridized carbons (Fsp3) is 0.545. The summed E-state index contributed by atoms with van der Waals surface area (Å²) >= 11 is 0. The van der Waals surface area contributed by atoms with E-state index in [1.807, 2.05) is 6.92 Å². The number of carbonyl (C=O) groups is 1. The largest absolute Gasteiger partial charge is 0.416 e. The third-order valence-electron chi connectivity index (χ3n) is 8.28. The summed E-state index contributed by atoms with van der Waals surface area (Å²) in [6, 6.07) is 3.77. The molecule has 1 aliphatic carbocycles. The van der Waals surface area contributed by atoms with E-state index in [9.17, 15) is 35.9 Å². The van der Waals surface area contributed by atoms with Gasteiger partial charge in [-0.25, -0.2) is 8.78 Å². The summed E-state index contributed by atoms with van der Waals surface area (Å²) in [6.45, 7) is 9.65. The fourth-order valence-electron chi connectivity index (χ4n) is 5.75. The fourth-order valence-corrected chi connectivity index (χ4v) is 7.79. The topological polar surface area (TPSA) is 64.0 Å². The van der Waals surface area contributed by atoms with Crippen molar-refractivity contribution in [3.63, 3.8) is 0 Å². The number of likely N-dealkylation sites (tertiary alicyclic amines) is 1. The monoisotopic (exact) mass is 644 g/mol. The van der Waals surface area contributed by atoms with E-state index in [0.29, 0.717) is 50.8 Å². The van der Waals surface area contributed by atoms with Crippen LogP contribution in [-0.2, 0) is 11.0 Å². The molecule has 246 valence electrons. The predicted octanol–water partition coefficient (Wildman–Crippen LogP) is 9.65. The lowest BCUT2D eigenvalue weighted by Crippen LogP contribution is -2.48. The Morgan fingerprint density at radius 2 is 1.80 bits per heavy atom. The number of amides is 1. The molecule has 0 radical (unpaired) electrons. The number of rotatable bonds is 14. The second kappa shape index (κ2) is 15.7. The molecule has 1 aliphatic heterocycles. The summed E-state index contributed by atoms with van der Waals surface area (Å²) in [5.74, 6) is -0.631. The van der Waals surface area contributed by atoms with Crippen molar-refractivity contribution in [2.24, 2.45) is 5.92 Å². The Bertz CT molecular complexity index is 1230. The summed E-state index contributed by atoms with van der Waals surface area (Å²) in [5.41, 5.74) is 0.359. The number of alkyl halides is 4. The average Bonchev–Trinajstić information content (AvgIpc) is 3.80. The maximum absolute atomic E-state index is 14.5. The van der Waals surface area contributed by atoms with Gasteiger partial charge < -0.3 is 4.90 Å². The van der Waals surface area contributed by atoms with Gasteiger partial charge in [-0.05, 0) is 94.6 Å². The van der Waals surface area contributed by atoms with Gasteiger partial charge in [0, 0.05) is 31.6 Å². The molecular weight excluding hydrogens is 599 g/mol. The van der Waals surface area contributed by atoms with Gasteiger partial charge in [0.2, 0.25) is 5.91 Å². The second-order valence-electron chi connectivity index (χ2n) is 11.6. The van der Waals surface area contributed by atoms with Gasteiger partial charge in [0.25, 0.3) is 0 Å². The minimum atomic E-state index is -4.61. The van der Waals surface area contributed by atoms with E-state index in [1.165, 1.54) is 31.2 Å². The van der Waals surface area contributed by atoms with Crippen molar-refractivity contribution in [2.75, 3.05) is 13.1 Å². The first kappa shape index (κ1) is 36.0. The van der Waals surface area contributed by atoms with Gasteiger partial charge in [0.15, 0.2) is 0 Å². The van der Waals surface area contributed by atoms with Gasteiger partial charge in [-0.3, -0.25) is 13.9 Å². The Balaban J connectivity index is 1.67. The summed E-state index contributed by atoms with van der Waals surface area (Å²) in [4.78, 5) is 14.9. The lowest BCUT2D eigenvalue weighted by molar-refractivity contribution is -0.137. The summed E-state index contributed by atoms with van der Waals surface area (Å²) in [6.07, 6.45) is 4.09. The van der Waals surface area contributed by atoms with Gasteiger partial charge >= 0.3 is 6.18 Å². The molecule has 2 fully saturated rings. The number of halogens is 5. The average molecular weight is 645 g/mol. The minimum Gasteiger partial charge on any atom is -0.343 e. The van der Waals surface area contributed by atoms with Crippen LogP contribution in [0.25, 0.3) is 0 Å². The van der Waals surface area contributed by atoms with Gasteiger partial charge in [-0.2, -0.15) is 17.5 Å². The Labute approximate surface area is 259 Å². The molecular formula is C33H45F5N2O3S. The molecule has 11 heteroatoms.